The summed E-state index contributed by atoms with van der Waals surface area (Å²) in [5, 5.41) is 10.3. The van der Waals surface area contributed by atoms with Gasteiger partial charge in [-0.15, -0.1) is 12.4 Å². The molecule has 1 fully saturated rings. The predicted molar refractivity (Wildman–Crippen MR) is 83.2 cm³/mol. The van der Waals surface area contributed by atoms with E-state index in [4.69, 9.17) is 4.74 Å². The number of hydrogen-bond donors (Lipinski definition) is 1. The van der Waals surface area contributed by atoms with Crippen molar-refractivity contribution in [3.8, 4) is 11.5 Å². The van der Waals surface area contributed by atoms with Crippen LogP contribution in [0.5, 0.6) is 11.5 Å². The van der Waals surface area contributed by atoms with Crippen molar-refractivity contribution in [2.75, 3.05) is 19.7 Å². The lowest BCUT2D eigenvalue weighted by Gasteiger charge is -2.44. The molecule has 4 heteroatoms. The smallest absolute Gasteiger partial charge is 0.126 e. The summed E-state index contributed by atoms with van der Waals surface area (Å²) >= 11 is 0. The van der Waals surface area contributed by atoms with Crippen LogP contribution in [0, 0.1) is 6.92 Å². The molecule has 2 aliphatic heterocycles. The van der Waals surface area contributed by atoms with E-state index in [1.54, 1.807) is 0 Å². The normalized spacial score (nSPS) is 25.1. The standard InChI is InChI=1S/C16H23NO2.ClH/c1-3-6-17-7-4-5-12-13(17)10-19-15-9-11(2)8-14(18)16(12)15;/h8-9,12-13,18H,3-7,10H2,1-2H3;1H/t12-,13+;/m1./s1. The first-order chi connectivity index (χ1) is 9.20. The molecule has 0 aliphatic carbocycles. The van der Waals surface area contributed by atoms with E-state index in [0.717, 1.165) is 36.4 Å². The highest BCUT2D eigenvalue weighted by Gasteiger charge is 2.38. The molecule has 0 amide bonds. The van der Waals surface area contributed by atoms with Crippen LogP contribution in [0.4, 0.5) is 0 Å². The molecule has 0 saturated carbocycles. The molecule has 0 aromatic heterocycles. The predicted octanol–water partition coefficient (Wildman–Crippen LogP) is 3.47. The van der Waals surface area contributed by atoms with Crippen molar-refractivity contribution in [2.45, 2.75) is 45.1 Å². The Kier molecular flexibility index (Phi) is 4.82. The van der Waals surface area contributed by atoms with E-state index in [0.29, 0.717) is 17.7 Å². The number of ether oxygens (including phenoxy) is 1. The quantitative estimate of drug-likeness (QED) is 0.907. The largest absolute Gasteiger partial charge is 0.508 e. The summed E-state index contributed by atoms with van der Waals surface area (Å²) < 4.78 is 5.93. The van der Waals surface area contributed by atoms with Crippen LogP contribution < -0.4 is 4.74 Å². The highest BCUT2D eigenvalue weighted by Crippen LogP contribution is 2.45. The number of aromatic hydroxyl groups is 1. The number of piperidine rings is 1. The molecule has 3 rings (SSSR count). The van der Waals surface area contributed by atoms with Gasteiger partial charge in [-0.25, -0.2) is 0 Å². The zero-order chi connectivity index (χ0) is 13.4. The third kappa shape index (κ3) is 2.61. The number of hydrogen-bond acceptors (Lipinski definition) is 3. The summed E-state index contributed by atoms with van der Waals surface area (Å²) in [6, 6.07) is 4.36. The van der Waals surface area contributed by atoms with Gasteiger partial charge in [0.1, 0.15) is 18.1 Å². The van der Waals surface area contributed by atoms with E-state index in [1.165, 1.54) is 19.4 Å². The number of benzene rings is 1. The lowest BCUT2D eigenvalue weighted by atomic mass is 9.81. The van der Waals surface area contributed by atoms with Crippen LogP contribution >= 0.6 is 12.4 Å². The number of nitrogens with zero attached hydrogens (tertiary/aromatic N) is 1. The lowest BCUT2D eigenvalue weighted by Crippen LogP contribution is -2.49. The van der Waals surface area contributed by atoms with Gasteiger partial charge < -0.3 is 9.84 Å². The minimum absolute atomic E-state index is 0. The molecule has 20 heavy (non-hydrogen) atoms. The number of phenolic OH excluding ortho intramolecular Hbond substituents is 1. The molecule has 0 spiro atoms. The lowest BCUT2D eigenvalue weighted by molar-refractivity contribution is 0.0646. The van der Waals surface area contributed by atoms with Gasteiger partial charge in [-0.2, -0.15) is 0 Å². The van der Waals surface area contributed by atoms with Gasteiger partial charge in [-0.1, -0.05) is 6.92 Å². The molecule has 0 radical (unpaired) electrons. The summed E-state index contributed by atoms with van der Waals surface area (Å²) in [5.41, 5.74) is 2.11. The minimum atomic E-state index is 0. The summed E-state index contributed by atoms with van der Waals surface area (Å²) in [6.45, 7) is 7.29. The summed E-state index contributed by atoms with van der Waals surface area (Å²) in [6.07, 6.45) is 3.56. The van der Waals surface area contributed by atoms with Gasteiger partial charge >= 0.3 is 0 Å². The van der Waals surface area contributed by atoms with Crippen molar-refractivity contribution >= 4 is 12.4 Å². The van der Waals surface area contributed by atoms with Crippen molar-refractivity contribution in [1.82, 2.24) is 4.90 Å². The molecule has 3 nitrogen and oxygen atoms in total. The van der Waals surface area contributed by atoms with Gasteiger partial charge in [0.25, 0.3) is 0 Å². The van der Waals surface area contributed by atoms with E-state index in [-0.39, 0.29) is 12.4 Å². The Hall–Kier alpha value is -0.930. The average Bonchev–Trinajstić information content (AvgIpc) is 2.38. The van der Waals surface area contributed by atoms with Crippen LogP contribution in [0.15, 0.2) is 12.1 Å². The van der Waals surface area contributed by atoms with E-state index in [2.05, 4.69) is 17.9 Å². The Morgan fingerprint density at radius 2 is 2.20 bits per heavy atom. The number of aryl methyl sites for hydroxylation is 1. The van der Waals surface area contributed by atoms with Crippen LogP contribution in [-0.2, 0) is 0 Å². The van der Waals surface area contributed by atoms with Crippen molar-refractivity contribution in [3.63, 3.8) is 0 Å². The van der Waals surface area contributed by atoms with Crippen molar-refractivity contribution in [3.05, 3.63) is 23.3 Å². The molecular weight excluding hydrogens is 274 g/mol. The first-order valence-corrected chi connectivity index (χ1v) is 7.41. The van der Waals surface area contributed by atoms with Crippen LogP contribution in [0.3, 0.4) is 0 Å². The summed E-state index contributed by atoms with van der Waals surface area (Å²) in [7, 11) is 0. The summed E-state index contributed by atoms with van der Waals surface area (Å²) in [4.78, 5) is 2.54. The molecule has 2 atom stereocenters. The fourth-order valence-electron chi connectivity index (χ4n) is 3.66. The second-order valence-electron chi connectivity index (χ2n) is 5.86. The zero-order valence-electron chi connectivity index (χ0n) is 12.3. The molecule has 0 unspecified atom stereocenters. The molecule has 1 aromatic carbocycles. The van der Waals surface area contributed by atoms with Gasteiger partial charge in [-0.3, -0.25) is 4.90 Å². The molecule has 1 saturated heterocycles. The third-order valence-electron chi connectivity index (χ3n) is 4.45. The maximum atomic E-state index is 10.3. The molecule has 1 aromatic rings. The molecule has 1 N–H and O–H groups in total. The highest BCUT2D eigenvalue weighted by molar-refractivity contribution is 5.85. The second-order valence-corrected chi connectivity index (χ2v) is 5.86. The first-order valence-electron chi connectivity index (χ1n) is 7.41. The molecule has 0 bridgehead atoms. The number of likely N-dealkylation sites (tertiary alicyclic amines) is 1. The Balaban J connectivity index is 0.00000147. The first kappa shape index (κ1) is 15.5. The van der Waals surface area contributed by atoms with E-state index in [1.807, 2.05) is 13.0 Å². The van der Waals surface area contributed by atoms with Crippen molar-refractivity contribution in [1.29, 1.82) is 0 Å². The molecule has 2 aliphatic rings. The van der Waals surface area contributed by atoms with Crippen molar-refractivity contribution < 1.29 is 9.84 Å². The number of phenols is 1. The number of rotatable bonds is 2. The molecule has 112 valence electrons. The minimum Gasteiger partial charge on any atom is -0.508 e. The second kappa shape index (κ2) is 6.23. The van der Waals surface area contributed by atoms with Gasteiger partial charge in [0.15, 0.2) is 0 Å². The SMILES string of the molecule is CCCN1CCC[C@H]2c3c(O)cc(C)cc3OC[C@@H]21.Cl. The van der Waals surface area contributed by atoms with Crippen LogP contribution in [-0.4, -0.2) is 35.7 Å². The van der Waals surface area contributed by atoms with Gasteiger partial charge in [-0.05, 0) is 57.0 Å². The van der Waals surface area contributed by atoms with Gasteiger partial charge in [0.2, 0.25) is 0 Å². The maximum absolute atomic E-state index is 10.3. The van der Waals surface area contributed by atoms with E-state index in [9.17, 15) is 5.11 Å². The topological polar surface area (TPSA) is 32.7 Å². The fraction of sp³-hybridized carbons (Fsp3) is 0.625. The summed E-state index contributed by atoms with van der Waals surface area (Å²) in [5.74, 6) is 1.75. The van der Waals surface area contributed by atoms with Crippen molar-refractivity contribution in [2.24, 2.45) is 0 Å². The Labute approximate surface area is 127 Å². The number of halogens is 1. The highest BCUT2D eigenvalue weighted by atomic mass is 35.5. The van der Waals surface area contributed by atoms with Gasteiger partial charge in [0, 0.05) is 11.5 Å². The Morgan fingerprint density at radius 1 is 1.40 bits per heavy atom. The maximum Gasteiger partial charge on any atom is 0.126 e. The van der Waals surface area contributed by atoms with Crippen LogP contribution in [0.2, 0.25) is 0 Å². The van der Waals surface area contributed by atoms with E-state index >= 15 is 0 Å². The Bertz CT molecular complexity index is 476. The zero-order valence-corrected chi connectivity index (χ0v) is 13.1. The Morgan fingerprint density at radius 3 is 2.95 bits per heavy atom. The monoisotopic (exact) mass is 297 g/mol. The van der Waals surface area contributed by atoms with Crippen LogP contribution in [0.25, 0.3) is 0 Å². The number of fused-ring (bicyclic) bond motifs is 3. The molecular formula is C16H24ClNO2. The fourth-order valence-corrected chi connectivity index (χ4v) is 3.66. The van der Waals surface area contributed by atoms with Gasteiger partial charge in [0.05, 0.1) is 6.04 Å². The average molecular weight is 298 g/mol. The third-order valence-corrected chi connectivity index (χ3v) is 4.45. The van der Waals surface area contributed by atoms with Crippen LogP contribution in [0.1, 0.15) is 43.2 Å². The molecule has 2 heterocycles. The van der Waals surface area contributed by atoms with E-state index < -0.39 is 0 Å².